The first kappa shape index (κ1) is 32.7. The summed E-state index contributed by atoms with van der Waals surface area (Å²) in [6.45, 7) is 0. The highest BCUT2D eigenvalue weighted by molar-refractivity contribution is 6.41. The van der Waals surface area contributed by atoms with Crippen LogP contribution in [0.5, 0.6) is 0 Å². The Labute approximate surface area is 337 Å². The Balaban J connectivity index is 1.18. The van der Waals surface area contributed by atoms with Crippen molar-refractivity contribution >= 4 is 64.6 Å². The molecule has 0 saturated carbocycles. The maximum absolute atomic E-state index is 2.40. The fourth-order valence-corrected chi connectivity index (χ4v) is 10.0. The molecule has 0 aliphatic carbocycles. The van der Waals surface area contributed by atoms with Crippen molar-refractivity contribution in [2.75, 3.05) is 0 Å². The maximum atomic E-state index is 2.40. The van der Waals surface area contributed by atoms with Crippen LogP contribution >= 0.6 is 0 Å². The molecule has 0 nitrogen and oxygen atoms in total. The fraction of sp³-hybridized carbons (Fsp3) is 0. The van der Waals surface area contributed by atoms with E-state index in [4.69, 9.17) is 0 Å². The van der Waals surface area contributed by atoms with Crippen LogP contribution in [0.4, 0.5) is 0 Å². The molecule has 0 aromatic heterocycles. The predicted octanol–water partition coefficient (Wildman–Crippen LogP) is 16.4. The molecule has 0 unspecified atom stereocenters. The molecule has 0 heteroatoms. The molecule has 0 saturated heterocycles. The van der Waals surface area contributed by atoms with Crippen LogP contribution in [-0.4, -0.2) is 0 Å². The van der Waals surface area contributed by atoms with Gasteiger partial charge in [0.1, 0.15) is 0 Å². The van der Waals surface area contributed by atoms with Gasteiger partial charge < -0.3 is 0 Å². The molecule has 268 valence electrons. The van der Waals surface area contributed by atoms with Crippen molar-refractivity contribution in [1.29, 1.82) is 0 Å². The van der Waals surface area contributed by atoms with Crippen molar-refractivity contribution in [3.63, 3.8) is 0 Å². The van der Waals surface area contributed by atoms with E-state index in [2.05, 4.69) is 218 Å². The Morgan fingerprint density at radius 3 is 1.14 bits per heavy atom. The normalized spacial score (nSPS) is 11.8. The van der Waals surface area contributed by atoms with Crippen LogP contribution in [0, 0.1) is 0 Å². The number of benzene rings is 12. The van der Waals surface area contributed by atoms with Gasteiger partial charge in [-0.05, 0) is 120 Å². The molecule has 0 aliphatic heterocycles. The second kappa shape index (κ2) is 13.0. The van der Waals surface area contributed by atoms with Gasteiger partial charge in [0, 0.05) is 0 Å². The number of fused-ring (bicyclic) bond motifs is 5. The van der Waals surface area contributed by atoms with E-state index >= 15 is 0 Å². The highest BCUT2D eigenvalue weighted by Crippen LogP contribution is 2.51. The zero-order valence-electron chi connectivity index (χ0n) is 31.8. The summed E-state index contributed by atoms with van der Waals surface area (Å²) in [6.07, 6.45) is 0. The zero-order chi connectivity index (χ0) is 38.2. The van der Waals surface area contributed by atoms with E-state index in [0.29, 0.717) is 0 Å². The Hall–Kier alpha value is -7.54. The summed E-state index contributed by atoms with van der Waals surface area (Å²) in [6, 6.07) is 80.7. The molecular formula is C58H36. The van der Waals surface area contributed by atoms with Gasteiger partial charge in [0.25, 0.3) is 0 Å². The molecule has 0 radical (unpaired) electrons. The lowest BCUT2D eigenvalue weighted by molar-refractivity contribution is 1.57. The molecule has 0 atom stereocenters. The highest BCUT2D eigenvalue weighted by atomic mass is 14.3. The van der Waals surface area contributed by atoms with Gasteiger partial charge in [0.05, 0.1) is 0 Å². The van der Waals surface area contributed by atoms with Crippen molar-refractivity contribution in [2.24, 2.45) is 0 Å². The molecule has 0 amide bonds. The molecule has 0 heterocycles. The summed E-state index contributed by atoms with van der Waals surface area (Å²) in [5.74, 6) is 0. The lowest BCUT2D eigenvalue weighted by Crippen LogP contribution is -1.95. The van der Waals surface area contributed by atoms with E-state index in [0.717, 1.165) is 0 Å². The van der Waals surface area contributed by atoms with Crippen LogP contribution in [0.25, 0.3) is 120 Å². The average Bonchev–Trinajstić information content (AvgIpc) is 3.30. The number of hydrogen-bond acceptors (Lipinski definition) is 0. The lowest BCUT2D eigenvalue weighted by atomic mass is 9.80. The van der Waals surface area contributed by atoms with Crippen LogP contribution in [0.1, 0.15) is 0 Å². The van der Waals surface area contributed by atoms with E-state index in [1.807, 2.05) is 0 Å². The smallest absolute Gasteiger partial charge is 0.00137 e. The summed E-state index contributed by atoms with van der Waals surface area (Å²) in [5.41, 5.74) is 12.4. The minimum atomic E-state index is 1.21. The number of hydrogen-bond donors (Lipinski definition) is 0. The molecule has 58 heavy (non-hydrogen) atoms. The zero-order valence-corrected chi connectivity index (χ0v) is 31.8. The Bertz CT molecular complexity index is 3470. The highest BCUT2D eigenvalue weighted by Gasteiger charge is 2.23. The molecule has 0 fully saturated rings. The van der Waals surface area contributed by atoms with E-state index in [-0.39, 0.29) is 0 Å². The largest absolute Gasteiger partial charge is 0.0622 e. The van der Waals surface area contributed by atoms with Crippen LogP contribution in [0.2, 0.25) is 0 Å². The first-order valence-electron chi connectivity index (χ1n) is 20.2. The second-order valence-corrected chi connectivity index (χ2v) is 15.4. The average molecular weight is 733 g/mol. The lowest BCUT2D eigenvalue weighted by Gasteiger charge is -2.22. The number of rotatable bonds is 5. The Kier molecular flexibility index (Phi) is 7.33. The molecule has 0 N–H and O–H groups in total. The van der Waals surface area contributed by atoms with Gasteiger partial charge in [-0.25, -0.2) is 0 Å². The minimum Gasteiger partial charge on any atom is -0.0622 e. The second-order valence-electron chi connectivity index (χ2n) is 15.4. The van der Waals surface area contributed by atoms with Crippen LogP contribution in [-0.2, 0) is 0 Å². The fourth-order valence-electron chi connectivity index (χ4n) is 10.0. The van der Waals surface area contributed by atoms with Crippen molar-refractivity contribution in [1.82, 2.24) is 0 Å². The van der Waals surface area contributed by atoms with E-state index < -0.39 is 0 Å². The van der Waals surface area contributed by atoms with Crippen LogP contribution < -0.4 is 0 Å². The molecular weight excluding hydrogens is 697 g/mol. The third kappa shape index (κ3) is 4.82. The summed E-state index contributed by atoms with van der Waals surface area (Å²) < 4.78 is 0. The third-order valence-electron chi connectivity index (χ3n) is 12.4. The first-order chi connectivity index (χ1) is 28.8. The topological polar surface area (TPSA) is 0 Å². The standard InChI is InChI=1S/C58H36/c1-4-17-37(18-5-1)40-33-36-53-55-45(40)29-15-30-47(55)49-31-16-32-52-56(46-25-12-13-26-48(46)58(53)57(49)52)51-35-34-50(43-23-10-11-24-44(43)51)54-41(38-19-6-2-7-20-38)27-14-28-42(54)39-21-8-3-9-22-39/h1-36H. The Morgan fingerprint density at radius 1 is 0.155 bits per heavy atom. The van der Waals surface area contributed by atoms with Gasteiger partial charge in [0.15, 0.2) is 0 Å². The van der Waals surface area contributed by atoms with Crippen molar-refractivity contribution < 1.29 is 0 Å². The van der Waals surface area contributed by atoms with Crippen LogP contribution in [0.15, 0.2) is 218 Å². The van der Waals surface area contributed by atoms with Crippen molar-refractivity contribution in [3.8, 4) is 55.6 Å². The van der Waals surface area contributed by atoms with Gasteiger partial charge >= 0.3 is 0 Å². The molecule has 0 aliphatic rings. The van der Waals surface area contributed by atoms with Gasteiger partial charge in [-0.2, -0.15) is 0 Å². The minimum absolute atomic E-state index is 1.21. The molecule has 12 aromatic carbocycles. The summed E-state index contributed by atoms with van der Waals surface area (Å²) >= 11 is 0. The van der Waals surface area contributed by atoms with Gasteiger partial charge in [-0.1, -0.05) is 218 Å². The van der Waals surface area contributed by atoms with Gasteiger partial charge in [0.2, 0.25) is 0 Å². The quantitative estimate of drug-likeness (QED) is 0.122. The van der Waals surface area contributed by atoms with Crippen LogP contribution in [0.3, 0.4) is 0 Å². The molecule has 12 aromatic rings. The summed E-state index contributed by atoms with van der Waals surface area (Å²) in [4.78, 5) is 0. The molecule has 0 bridgehead atoms. The summed E-state index contributed by atoms with van der Waals surface area (Å²) in [5, 5.41) is 15.5. The summed E-state index contributed by atoms with van der Waals surface area (Å²) in [7, 11) is 0. The predicted molar refractivity (Wildman–Crippen MR) is 250 cm³/mol. The Morgan fingerprint density at radius 2 is 0.534 bits per heavy atom. The SMILES string of the molecule is c1ccc(-c2cccc(-c3ccccc3)c2-c2ccc(-c3c4ccccc4c4c5ccc(-c6ccccc6)c6cccc(c7cccc3c74)c65)c3ccccc23)cc1. The van der Waals surface area contributed by atoms with Gasteiger partial charge in [-0.15, -0.1) is 0 Å². The molecule has 12 rings (SSSR count). The van der Waals surface area contributed by atoms with E-state index in [1.54, 1.807) is 0 Å². The monoisotopic (exact) mass is 732 g/mol. The third-order valence-corrected chi connectivity index (χ3v) is 12.4. The van der Waals surface area contributed by atoms with Crippen molar-refractivity contribution in [2.45, 2.75) is 0 Å². The van der Waals surface area contributed by atoms with E-state index in [1.165, 1.54) is 120 Å². The molecule has 0 spiro atoms. The van der Waals surface area contributed by atoms with E-state index in [9.17, 15) is 0 Å². The maximum Gasteiger partial charge on any atom is -0.00137 e. The van der Waals surface area contributed by atoms with Gasteiger partial charge in [-0.3, -0.25) is 0 Å². The first-order valence-corrected chi connectivity index (χ1v) is 20.2. The van der Waals surface area contributed by atoms with Crippen molar-refractivity contribution in [3.05, 3.63) is 218 Å².